The molecule has 0 radical (unpaired) electrons. The summed E-state index contributed by atoms with van der Waals surface area (Å²) in [5.41, 5.74) is 3.43. The number of hydrogen-bond acceptors (Lipinski definition) is 3. The van der Waals surface area contributed by atoms with Crippen molar-refractivity contribution in [2.75, 3.05) is 7.11 Å². The molecule has 1 fully saturated rings. The maximum absolute atomic E-state index is 15.3. The normalized spacial score (nSPS) is 26.4. The van der Waals surface area contributed by atoms with Gasteiger partial charge in [0, 0.05) is 17.0 Å². The van der Waals surface area contributed by atoms with E-state index in [1.807, 2.05) is 97.1 Å². The van der Waals surface area contributed by atoms with E-state index in [2.05, 4.69) is 36.4 Å². The van der Waals surface area contributed by atoms with Gasteiger partial charge >= 0.3 is 0 Å². The molecular formula is C37H26O3. The zero-order valence-electron chi connectivity index (χ0n) is 22.0. The summed E-state index contributed by atoms with van der Waals surface area (Å²) >= 11 is 0. The van der Waals surface area contributed by atoms with E-state index in [4.69, 9.17) is 4.74 Å². The second-order valence-electron chi connectivity index (χ2n) is 11.0. The van der Waals surface area contributed by atoms with Crippen LogP contribution in [-0.4, -0.2) is 18.7 Å². The zero-order chi connectivity index (χ0) is 27.1. The largest absolute Gasteiger partial charge is 0.497 e. The number of rotatable bonds is 6. The molecular weight excluding hydrogens is 492 g/mol. The molecule has 0 aliphatic heterocycles. The van der Waals surface area contributed by atoms with Crippen molar-refractivity contribution < 1.29 is 14.3 Å². The Labute approximate surface area is 233 Å². The van der Waals surface area contributed by atoms with Crippen LogP contribution in [0, 0.1) is 5.41 Å². The van der Waals surface area contributed by atoms with Crippen LogP contribution in [0.4, 0.5) is 0 Å². The fourth-order valence-electron chi connectivity index (χ4n) is 8.67. The molecule has 4 atom stereocenters. The monoisotopic (exact) mass is 518 g/mol. The first-order chi connectivity index (χ1) is 19.7. The molecule has 0 N–H and O–H groups in total. The Morgan fingerprint density at radius 1 is 0.575 bits per heavy atom. The highest BCUT2D eigenvalue weighted by Crippen LogP contribution is 2.94. The molecule has 0 amide bonds. The molecule has 0 spiro atoms. The summed E-state index contributed by atoms with van der Waals surface area (Å²) in [6, 6.07) is 43.6. The molecule has 192 valence electrons. The van der Waals surface area contributed by atoms with Crippen LogP contribution in [0.15, 0.2) is 133 Å². The van der Waals surface area contributed by atoms with Gasteiger partial charge in [-0.25, -0.2) is 0 Å². The van der Waals surface area contributed by atoms with Crippen LogP contribution in [0.2, 0.25) is 0 Å². The molecule has 4 unspecified atom stereocenters. The summed E-state index contributed by atoms with van der Waals surface area (Å²) in [4.78, 5) is 30.5. The number of methoxy groups -OCH3 is 1. The van der Waals surface area contributed by atoms with Crippen molar-refractivity contribution in [2.24, 2.45) is 5.41 Å². The van der Waals surface area contributed by atoms with Crippen molar-refractivity contribution in [3.05, 3.63) is 172 Å². The summed E-state index contributed by atoms with van der Waals surface area (Å²) in [6.07, 6.45) is 0. The Hall–Kier alpha value is -4.76. The third kappa shape index (κ3) is 2.31. The first-order valence-corrected chi connectivity index (χ1v) is 13.7. The van der Waals surface area contributed by atoms with Gasteiger partial charge in [-0.05, 0) is 39.9 Å². The number of hydrogen-bond donors (Lipinski definition) is 0. The van der Waals surface area contributed by atoms with Crippen LogP contribution in [0.1, 0.15) is 54.5 Å². The van der Waals surface area contributed by atoms with E-state index in [9.17, 15) is 0 Å². The van der Waals surface area contributed by atoms with Gasteiger partial charge in [0.25, 0.3) is 0 Å². The van der Waals surface area contributed by atoms with Crippen molar-refractivity contribution in [1.29, 1.82) is 0 Å². The maximum Gasteiger partial charge on any atom is 0.175 e. The minimum atomic E-state index is -1.10. The standard InChI is InChI=1S/C37H26O3/c1-40-27-22-20-26(21-23-27)35-30-18-10-8-16-28(30)32-29-17-9-11-19-31(29)36(35,33(38)24-12-4-2-5-13-24)37(32,35)34(39)25-14-6-3-7-15-25/h2-23,32H,1H3. The van der Waals surface area contributed by atoms with E-state index < -0.39 is 16.2 Å². The third-order valence-electron chi connectivity index (χ3n) is 9.76. The van der Waals surface area contributed by atoms with Crippen molar-refractivity contribution >= 4 is 11.6 Å². The van der Waals surface area contributed by atoms with Crippen LogP contribution in [0.3, 0.4) is 0 Å². The number of Topliss-reactive ketones (excluding diaryl/α,β-unsaturated/α-hetero) is 2. The topological polar surface area (TPSA) is 43.4 Å². The SMILES string of the molecule is COc1ccc(C23c4ccccc4C4c5ccccc5C2(C(=O)c2ccccc2)C43C(=O)c2ccccc2)cc1. The molecule has 5 aromatic rings. The average molecular weight is 519 g/mol. The molecule has 8 rings (SSSR count). The quantitative estimate of drug-likeness (QED) is 0.224. The van der Waals surface area contributed by atoms with E-state index in [-0.39, 0.29) is 17.5 Å². The molecule has 0 heterocycles. The van der Waals surface area contributed by atoms with Crippen molar-refractivity contribution in [3.8, 4) is 5.75 Å². The summed E-state index contributed by atoms with van der Waals surface area (Å²) in [5, 5.41) is 0. The van der Waals surface area contributed by atoms with Gasteiger partial charge in [0.1, 0.15) is 5.75 Å². The van der Waals surface area contributed by atoms with Gasteiger partial charge in [-0.3, -0.25) is 9.59 Å². The van der Waals surface area contributed by atoms with Gasteiger partial charge in [-0.1, -0.05) is 121 Å². The second kappa shape index (κ2) is 7.89. The number of carbonyl (C=O) groups is 2. The van der Waals surface area contributed by atoms with Crippen LogP contribution in [0.5, 0.6) is 5.75 Å². The number of ketones is 2. The lowest BCUT2D eigenvalue weighted by Crippen LogP contribution is -2.33. The smallest absolute Gasteiger partial charge is 0.175 e. The summed E-state index contributed by atoms with van der Waals surface area (Å²) in [6.45, 7) is 0. The van der Waals surface area contributed by atoms with E-state index in [1.165, 1.54) is 0 Å². The molecule has 3 aliphatic carbocycles. The lowest BCUT2D eigenvalue weighted by atomic mass is 9.74. The Kier molecular flexibility index (Phi) is 4.57. The molecule has 0 aromatic heterocycles. The van der Waals surface area contributed by atoms with Crippen LogP contribution >= 0.6 is 0 Å². The van der Waals surface area contributed by atoms with Crippen molar-refractivity contribution in [1.82, 2.24) is 0 Å². The molecule has 1 saturated carbocycles. The summed E-state index contributed by atoms with van der Waals surface area (Å²) in [7, 11) is 1.65. The predicted molar refractivity (Wildman–Crippen MR) is 154 cm³/mol. The number of ether oxygens (including phenoxy) is 1. The molecule has 0 saturated heterocycles. The molecule has 3 aliphatic rings. The minimum Gasteiger partial charge on any atom is -0.497 e. The second-order valence-corrected chi connectivity index (χ2v) is 11.0. The number of carbonyl (C=O) groups excluding carboxylic acids is 2. The van der Waals surface area contributed by atoms with Gasteiger partial charge in [0.2, 0.25) is 0 Å². The fraction of sp³-hybridized carbons (Fsp3) is 0.135. The fourth-order valence-corrected chi connectivity index (χ4v) is 8.67. The van der Waals surface area contributed by atoms with Crippen LogP contribution in [0.25, 0.3) is 0 Å². The van der Waals surface area contributed by atoms with E-state index >= 15 is 9.59 Å². The van der Waals surface area contributed by atoms with Gasteiger partial charge in [0.05, 0.1) is 23.4 Å². The van der Waals surface area contributed by atoms with Crippen molar-refractivity contribution in [3.63, 3.8) is 0 Å². The average Bonchev–Trinajstić information content (AvgIpc) is 3.38. The first-order valence-electron chi connectivity index (χ1n) is 13.7. The molecule has 40 heavy (non-hydrogen) atoms. The molecule has 3 heteroatoms. The van der Waals surface area contributed by atoms with E-state index in [0.29, 0.717) is 11.1 Å². The Balaban J connectivity index is 1.56. The lowest BCUT2D eigenvalue weighted by molar-refractivity contribution is 0.0818. The third-order valence-corrected chi connectivity index (χ3v) is 9.76. The predicted octanol–water partition coefficient (Wildman–Crippen LogP) is 7.14. The first kappa shape index (κ1) is 23.2. The van der Waals surface area contributed by atoms with E-state index in [0.717, 1.165) is 33.6 Å². The van der Waals surface area contributed by atoms with Crippen LogP contribution in [-0.2, 0) is 10.8 Å². The highest BCUT2D eigenvalue weighted by Gasteiger charge is 3.00. The summed E-state index contributed by atoms with van der Waals surface area (Å²) in [5.74, 6) is 0.506. The van der Waals surface area contributed by atoms with Gasteiger partial charge in [-0.2, -0.15) is 0 Å². The van der Waals surface area contributed by atoms with E-state index in [1.54, 1.807) is 7.11 Å². The highest BCUT2D eigenvalue weighted by atomic mass is 16.5. The molecule has 0 bridgehead atoms. The van der Waals surface area contributed by atoms with Gasteiger partial charge < -0.3 is 4.74 Å². The maximum atomic E-state index is 15.3. The highest BCUT2D eigenvalue weighted by molar-refractivity contribution is 6.24. The van der Waals surface area contributed by atoms with Crippen LogP contribution < -0.4 is 4.74 Å². The molecule has 5 aromatic carbocycles. The minimum absolute atomic E-state index is 0.00217. The van der Waals surface area contributed by atoms with Gasteiger partial charge in [0.15, 0.2) is 11.6 Å². The van der Waals surface area contributed by atoms with Gasteiger partial charge in [-0.15, -0.1) is 0 Å². The Bertz CT molecular complexity index is 1830. The number of benzene rings is 5. The molecule has 3 nitrogen and oxygen atoms in total. The summed E-state index contributed by atoms with van der Waals surface area (Å²) < 4.78 is 5.52. The lowest BCUT2D eigenvalue weighted by Gasteiger charge is -2.26. The van der Waals surface area contributed by atoms with Crippen molar-refractivity contribution in [2.45, 2.75) is 16.7 Å². The zero-order valence-corrected chi connectivity index (χ0v) is 22.0. The Morgan fingerprint density at radius 2 is 1.07 bits per heavy atom. The Morgan fingerprint density at radius 3 is 1.68 bits per heavy atom. The number of fused-ring (bicyclic) bond motifs is 7.